The summed E-state index contributed by atoms with van der Waals surface area (Å²) in [6.07, 6.45) is 2.78. The van der Waals surface area contributed by atoms with Gasteiger partial charge in [0.25, 0.3) is 0 Å². The van der Waals surface area contributed by atoms with E-state index in [4.69, 9.17) is 4.74 Å². The second kappa shape index (κ2) is 7.27. The lowest BCUT2D eigenvalue weighted by molar-refractivity contribution is 0.199. The smallest absolute Gasteiger partial charge is 0.0587 e. The second-order valence-corrected chi connectivity index (χ2v) is 6.18. The lowest BCUT2D eigenvalue weighted by Crippen LogP contribution is -2.24. The van der Waals surface area contributed by atoms with Gasteiger partial charge in [0.15, 0.2) is 0 Å². The summed E-state index contributed by atoms with van der Waals surface area (Å²) in [4.78, 5) is 2.38. The molecular weight excluding hydrogens is 304 g/mol. The minimum Gasteiger partial charge on any atom is -0.383 e. The number of benzene rings is 1. The first kappa shape index (κ1) is 14.8. The highest BCUT2D eigenvalue weighted by Gasteiger charge is 2.23. The summed E-state index contributed by atoms with van der Waals surface area (Å²) in [7, 11) is 3.93. The third kappa shape index (κ3) is 4.79. The number of ether oxygens (including phenoxy) is 1. The molecule has 0 radical (unpaired) electrons. The molecule has 0 unspecified atom stereocenters. The quantitative estimate of drug-likeness (QED) is 0.743. The van der Waals surface area contributed by atoms with Gasteiger partial charge in [0.2, 0.25) is 0 Å². The summed E-state index contributed by atoms with van der Waals surface area (Å²) in [5.74, 6) is 0.901. The van der Waals surface area contributed by atoms with Gasteiger partial charge in [-0.15, -0.1) is 0 Å². The fraction of sp³-hybridized carbons (Fsp3) is 0.600. The van der Waals surface area contributed by atoms with Gasteiger partial charge in [-0.3, -0.25) is 0 Å². The summed E-state index contributed by atoms with van der Waals surface area (Å²) < 4.78 is 6.20. The molecule has 0 heterocycles. The summed E-state index contributed by atoms with van der Waals surface area (Å²) in [6.45, 7) is 3.70. The molecule has 1 aliphatic rings. The van der Waals surface area contributed by atoms with Gasteiger partial charge in [0.05, 0.1) is 6.61 Å². The van der Waals surface area contributed by atoms with Crippen LogP contribution in [0.2, 0.25) is 0 Å². The maximum atomic E-state index is 5.06. The molecule has 0 aliphatic heterocycles. The van der Waals surface area contributed by atoms with Gasteiger partial charge in [0, 0.05) is 44.0 Å². The predicted octanol–water partition coefficient (Wildman–Crippen LogP) is 3.03. The van der Waals surface area contributed by atoms with E-state index >= 15 is 0 Å². The summed E-state index contributed by atoms with van der Waals surface area (Å²) in [6, 6.07) is 6.53. The second-order valence-electron chi connectivity index (χ2n) is 5.27. The summed E-state index contributed by atoms with van der Waals surface area (Å²) in [5, 5.41) is 3.42. The molecule has 1 aliphatic carbocycles. The zero-order valence-corrected chi connectivity index (χ0v) is 13.4. The first-order chi connectivity index (χ1) is 9.20. The average Bonchev–Trinajstić information content (AvgIpc) is 3.20. The van der Waals surface area contributed by atoms with Crippen molar-refractivity contribution < 1.29 is 4.74 Å². The summed E-state index contributed by atoms with van der Waals surface area (Å²) in [5.41, 5.74) is 2.67. The number of hydrogen-bond donors (Lipinski definition) is 1. The largest absolute Gasteiger partial charge is 0.383 e. The Bertz CT molecular complexity index is 407. The minimum atomic E-state index is 0.754. The van der Waals surface area contributed by atoms with Crippen LogP contribution in [-0.4, -0.2) is 33.9 Å². The molecule has 0 saturated heterocycles. The van der Waals surface area contributed by atoms with Crippen molar-refractivity contribution in [2.45, 2.75) is 19.4 Å². The van der Waals surface area contributed by atoms with E-state index in [9.17, 15) is 0 Å². The van der Waals surface area contributed by atoms with Gasteiger partial charge in [0.1, 0.15) is 0 Å². The van der Waals surface area contributed by atoms with Crippen molar-refractivity contribution in [1.29, 1.82) is 0 Å². The molecule has 1 N–H and O–H groups in total. The Morgan fingerprint density at radius 3 is 2.89 bits per heavy atom. The fourth-order valence-corrected chi connectivity index (χ4v) is 2.57. The number of hydrogen-bond acceptors (Lipinski definition) is 3. The highest BCUT2D eigenvalue weighted by atomic mass is 79.9. The number of halogens is 1. The maximum Gasteiger partial charge on any atom is 0.0587 e. The molecule has 0 amide bonds. The lowest BCUT2D eigenvalue weighted by atomic mass is 10.1. The molecule has 1 fully saturated rings. The maximum absolute atomic E-state index is 5.06. The van der Waals surface area contributed by atoms with Crippen LogP contribution in [0, 0.1) is 5.92 Å². The molecule has 0 atom stereocenters. The molecule has 106 valence electrons. The molecule has 19 heavy (non-hydrogen) atoms. The van der Waals surface area contributed by atoms with Gasteiger partial charge in [-0.05, 0) is 36.5 Å². The van der Waals surface area contributed by atoms with E-state index in [1.807, 2.05) is 0 Å². The molecule has 1 saturated carbocycles. The van der Waals surface area contributed by atoms with Crippen LogP contribution in [0.1, 0.15) is 18.4 Å². The van der Waals surface area contributed by atoms with E-state index < -0.39 is 0 Å². The third-order valence-corrected chi connectivity index (χ3v) is 3.98. The average molecular weight is 327 g/mol. The normalized spacial score (nSPS) is 14.7. The van der Waals surface area contributed by atoms with Crippen LogP contribution in [0.25, 0.3) is 0 Å². The number of anilines is 1. The van der Waals surface area contributed by atoms with Crippen molar-refractivity contribution in [2.75, 3.05) is 38.8 Å². The van der Waals surface area contributed by atoms with Crippen molar-refractivity contribution in [1.82, 2.24) is 5.32 Å². The van der Waals surface area contributed by atoms with Gasteiger partial charge in [-0.2, -0.15) is 0 Å². The first-order valence-corrected chi connectivity index (χ1v) is 7.69. The Kier molecular flexibility index (Phi) is 5.67. The van der Waals surface area contributed by atoms with Crippen LogP contribution in [0.15, 0.2) is 22.7 Å². The van der Waals surface area contributed by atoms with Gasteiger partial charge < -0.3 is 15.0 Å². The highest BCUT2D eigenvalue weighted by molar-refractivity contribution is 9.10. The van der Waals surface area contributed by atoms with E-state index in [0.29, 0.717) is 0 Å². The topological polar surface area (TPSA) is 24.5 Å². The zero-order chi connectivity index (χ0) is 13.7. The minimum absolute atomic E-state index is 0.754. The monoisotopic (exact) mass is 326 g/mol. The predicted molar refractivity (Wildman–Crippen MR) is 83.7 cm³/mol. The Morgan fingerprint density at radius 2 is 2.21 bits per heavy atom. The Hall–Kier alpha value is -0.580. The van der Waals surface area contributed by atoms with E-state index in [1.165, 1.54) is 30.6 Å². The van der Waals surface area contributed by atoms with Crippen LogP contribution in [-0.2, 0) is 11.3 Å². The van der Waals surface area contributed by atoms with Crippen molar-refractivity contribution in [3.63, 3.8) is 0 Å². The number of nitrogens with zero attached hydrogens (tertiary/aromatic N) is 1. The zero-order valence-electron chi connectivity index (χ0n) is 11.8. The van der Waals surface area contributed by atoms with Crippen molar-refractivity contribution >= 4 is 21.6 Å². The molecule has 2 rings (SSSR count). The van der Waals surface area contributed by atoms with E-state index in [1.54, 1.807) is 7.11 Å². The molecule has 1 aromatic carbocycles. The molecule has 3 nitrogen and oxygen atoms in total. The number of nitrogens with one attached hydrogen (secondary N) is 1. The number of rotatable bonds is 8. The van der Waals surface area contributed by atoms with Gasteiger partial charge >= 0.3 is 0 Å². The summed E-state index contributed by atoms with van der Waals surface area (Å²) >= 11 is 3.57. The molecule has 0 aromatic heterocycles. The van der Waals surface area contributed by atoms with Crippen LogP contribution in [0.4, 0.5) is 5.69 Å². The molecule has 4 heteroatoms. The van der Waals surface area contributed by atoms with Crippen molar-refractivity contribution in [3.05, 3.63) is 28.2 Å². The lowest BCUT2D eigenvalue weighted by Gasteiger charge is -2.23. The fourth-order valence-electron chi connectivity index (χ4n) is 2.23. The standard InChI is InChI=1S/C15H23BrN2O/c1-18(11-12-3-4-12)15-9-14(16)6-5-13(15)10-17-7-8-19-2/h5-6,9,12,17H,3-4,7-8,10-11H2,1-2H3. The van der Waals surface area contributed by atoms with E-state index in [0.717, 1.165) is 30.1 Å². The Balaban J connectivity index is 1.99. The van der Waals surface area contributed by atoms with E-state index in [2.05, 4.69) is 51.4 Å². The molecule has 1 aromatic rings. The van der Waals surface area contributed by atoms with E-state index in [-0.39, 0.29) is 0 Å². The van der Waals surface area contributed by atoms with Gasteiger partial charge in [-0.25, -0.2) is 0 Å². The third-order valence-electron chi connectivity index (χ3n) is 3.49. The van der Waals surface area contributed by atoms with Crippen LogP contribution < -0.4 is 10.2 Å². The molecule has 0 spiro atoms. The van der Waals surface area contributed by atoms with Crippen molar-refractivity contribution in [2.24, 2.45) is 5.92 Å². The van der Waals surface area contributed by atoms with Crippen LogP contribution in [0.5, 0.6) is 0 Å². The Morgan fingerprint density at radius 1 is 1.42 bits per heavy atom. The Labute approximate surface area is 124 Å². The highest BCUT2D eigenvalue weighted by Crippen LogP contribution is 2.32. The van der Waals surface area contributed by atoms with Crippen LogP contribution >= 0.6 is 15.9 Å². The SMILES string of the molecule is COCCNCc1ccc(Br)cc1N(C)CC1CC1. The number of methoxy groups -OCH3 is 1. The van der Waals surface area contributed by atoms with Gasteiger partial charge in [-0.1, -0.05) is 22.0 Å². The molecular formula is C15H23BrN2O. The van der Waals surface area contributed by atoms with Crippen molar-refractivity contribution in [3.8, 4) is 0 Å². The van der Waals surface area contributed by atoms with Crippen LogP contribution in [0.3, 0.4) is 0 Å². The molecule has 0 bridgehead atoms. The first-order valence-electron chi connectivity index (χ1n) is 6.90.